The third-order valence-corrected chi connectivity index (χ3v) is 2.64. The van der Waals surface area contributed by atoms with Crippen LogP contribution in [0.15, 0.2) is 9.98 Å². The maximum atomic E-state index is 11.6. The van der Waals surface area contributed by atoms with Crippen LogP contribution in [-0.4, -0.2) is 60.5 Å². The first-order valence-corrected chi connectivity index (χ1v) is 5.50. The van der Waals surface area contributed by atoms with Crippen LogP contribution in [-0.2, 0) is 9.59 Å². The van der Waals surface area contributed by atoms with Gasteiger partial charge in [-0.15, -0.1) is 0 Å². The van der Waals surface area contributed by atoms with Gasteiger partial charge in [0.05, 0.1) is 5.71 Å². The van der Waals surface area contributed by atoms with Crippen LogP contribution in [0.1, 0.15) is 19.3 Å². The van der Waals surface area contributed by atoms with Gasteiger partial charge in [-0.2, -0.15) is 0 Å². The highest BCUT2D eigenvalue weighted by atomic mass is 16.3. The quantitative estimate of drug-likeness (QED) is 0.538. The highest BCUT2D eigenvalue weighted by molar-refractivity contribution is 6.30. The topological polar surface area (TPSA) is 82.3 Å². The molecule has 1 N–H and O–H groups in total. The Morgan fingerprint density at radius 3 is 2.82 bits per heavy atom. The van der Waals surface area contributed by atoms with E-state index in [-0.39, 0.29) is 25.3 Å². The van der Waals surface area contributed by atoms with Crippen molar-refractivity contribution in [1.29, 1.82) is 0 Å². The van der Waals surface area contributed by atoms with Gasteiger partial charge in [-0.05, 0) is 6.42 Å². The Labute approximate surface area is 100 Å². The molecule has 17 heavy (non-hydrogen) atoms. The molecule has 1 saturated heterocycles. The van der Waals surface area contributed by atoms with Crippen molar-refractivity contribution < 1.29 is 14.7 Å². The predicted octanol–water partition coefficient (Wildman–Crippen LogP) is -0.342. The number of rotatable bonds is 4. The van der Waals surface area contributed by atoms with Gasteiger partial charge in [-0.1, -0.05) is 0 Å². The van der Waals surface area contributed by atoms with E-state index in [9.17, 15) is 14.7 Å². The third kappa shape index (κ3) is 3.45. The standard InChI is InChI=1S/C11H17N3O3/c1-12-7-8(13-2)5-6-14-10(16)4-3-9(15)11(14)17/h7,9,15H,3-6H2,1-2H3. The number of imide groups is 1. The number of aliphatic hydroxyl groups excluding tert-OH is 1. The van der Waals surface area contributed by atoms with Gasteiger partial charge in [-0.3, -0.25) is 24.5 Å². The van der Waals surface area contributed by atoms with Crippen LogP contribution in [0.5, 0.6) is 0 Å². The number of nitrogens with zero attached hydrogens (tertiary/aromatic N) is 3. The Morgan fingerprint density at radius 1 is 1.53 bits per heavy atom. The Kier molecular flexibility index (Phi) is 4.96. The summed E-state index contributed by atoms with van der Waals surface area (Å²) < 4.78 is 0. The van der Waals surface area contributed by atoms with Crippen LogP contribution in [0.4, 0.5) is 0 Å². The predicted molar refractivity (Wildman–Crippen MR) is 64.4 cm³/mol. The molecule has 1 rings (SSSR count). The average Bonchev–Trinajstić information content (AvgIpc) is 2.32. The summed E-state index contributed by atoms with van der Waals surface area (Å²) >= 11 is 0. The molecule has 1 heterocycles. The fourth-order valence-electron chi connectivity index (χ4n) is 1.67. The van der Waals surface area contributed by atoms with E-state index in [0.717, 1.165) is 4.90 Å². The highest BCUT2D eigenvalue weighted by Crippen LogP contribution is 2.13. The minimum absolute atomic E-state index is 0.216. The Bertz CT molecular complexity index is 363. The van der Waals surface area contributed by atoms with Crippen molar-refractivity contribution in [2.45, 2.75) is 25.4 Å². The van der Waals surface area contributed by atoms with Crippen LogP contribution in [0, 0.1) is 0 Å². The van der Waals surface area contributed by atoms with E-state index in [1.807, 2.05) is 0 Å². The maximum absolute atomic E-state index is 11.6. The summed E-state index contributed by atoms with van der Waals surface area (Å²) in [5, 5.41) is 9.39. The number of piperidine rings is 1. The first-order valence-electron chi connectivity index (χ1n) is 5.50. The number of carbonyl (C=O) groups is 2. The van der Waals surface area contributed by atoms with E-state index in [2.05, 4.69) is 9.98 Å². The molecule has 94 valence electrons. The molecule has 6 nitrogen and oxygen atoms in total. The average molecular weight is 239 g/mol. The van der Waals surface area contributed by atoms with E-state index in [4.69, 9.17) is 0 Å². The number of aliphatic hydroxyl groups is 1. The first-order chi connectivity index (χ1) is 8.10. The van der Waals surface area contributed by atoms with Gasteiger partial charge in [0.15, 0.2) is 0 Å². The minimum Gasteiger partial charge on any atom is -0.383 e. The Hall–Kier alpha value is -1.56. The minimum atomic E-state index is -1.05. The maximum Gasteiger partial charge on any atom is 0.258 e. The van der Waals surface area contributed by atoms with Gasteiger partial charge >= 0.3 is 0 Å². The van der Waals surface area contributed by atoms with Crippen molar-refractivity contribution in [3.8, 4) is 0 Å². The first kappa shape index (κ1) is 13.5. The van der Waals surface area contributed by atoms with Gasteiger partial charge in [0.25, 0.3) is 5.91 Å². The van der Waals surface area contributed by atoms with Crippen molar-refractivity contribution in [2.75, 3.05) is 20.6 Å². The molecular formula is C11H17N3O3. The summed E-state index contributed by atoms with van der Waals surface area (Å²) in [6, 6.07) is 0. The summed E-state index contributed by atoms with van der Waals surface area (Å²) in [6.07, 6.45) is 1.44. The van der Waals surface area contributed by atoms with Crippen molar-refractivity contribution in [3.05, 3.63) is 0 Å². The molecule has 1 fully saturated rings. The molecule has 1 atom stereocenters. The highest BCUT2D eigenvalue weighted by Gasteiger charge is 2.32. The van der Waals surface area contributed by atoms with E-state index >= 15 is 0 Å². The third-order valence-electron chi connectivity index (χ3n) is 2.64. The zero-order chi connectivity index (χ0) is 12.8. The fraction of sp³-hybridized carbons (Fsp3) is 0.636. The molecule has 0 saturated carbocycles. The van der Waals surface area contributed by atoms with Gasteiger partial charge in [0.2, 0.25) is 5.91 Å². The van der Waals surface area contributed by atoms with Crippen LogP contribution in [0.2, 0.25) is 0 Å². The zero-order valence-corrected chi connectivity index (χ0v) is 10.1. The molecule has 1 aliphatic heterocycles. The molecular weight excluding hydrogens is 222 g/mol. The van der Waals surface area contributed by atoms with E-state index in [0.29, 0.717) is 12.1 Å². The van der Waals surface area contributed by atoms with E-state index in [1.54, 1.807) is 20.3 Å². The second kappa shape index (κ2) is 6.24. The van der Waals surface area contributed by atoms with E-state index < -0.39 is 12.0 Å². The SMILES string of the molecule is CN=CC(CCN1C(=O)CCC(O)C1=O)=NC. The molecule has 0 spiro atoms. The molecule has 0 aromatic rings. The summed E-state index contributed by atoms with van der Waals surface area (Å²) in [6.45, 7) is 0.243. The number of amides is 2. The zero-order valence-electron chi connectivity index (χ0n) is 10.1. The molecule has 6 heteroatoms. The fourth-order valence-corrected chi connectivity index (χ4v) is 1.67. The second-order valence-corrected chi connectivity index (χ2v) is 3.79. The summed E-state index contributed by atoms with van der Waals surface area (Å²) in [5.74, 6) is -0.741. The molecule has 0 radical (unpaired) electrons. The molecule has 0 bridgehead atoms. The van der Waals surface area contributed by atoms with E-state index in [1.165, 1.54) is 0 Å². The van der Waals surface area contributed by atoms with Crippen molar-refractivity contribution >= 4 is 23.7 Å². The monoisotopic (exact) mass is 239 g/mol. The van der Waals surface area contributed by atoms with Crippen molar-refractivity contribution in [1.82, 2.24) is 4.90 Å². The summed E-state index contributed by atoms with van der Waals surface area (Å²) in [7, 11) is 3.26. The van der Waals surface area contributed by atoms with Gasteiger partial charge in [0, 0.05) is 39.7 Å². The van der Waals surface area contributed by atoms with Crippen molar-refractivity contribution in [2.24, 2.45) is 9.98 Å². The normalized spacial score (nSPS) is 22.6. The molecule has 0 aromatic heterocycles. The van der Waals surface area contributed by atoms with Gasteiger partial charge < -0.3 is 5.11 Å². The number of likely N-dealkylation sites (tertiary alicyclic amines) is 1. The summed E-state index contributed by atoms with van der Waals surface area (Å²) in [5.41, 5.74) is 0.716. The van der Waals surface area contributed by atoms with Gasteiger partial charge in [0.1, 0.15) is 6.10 Å². The van der Waals surface area contributed by atoms with Crippen LogP contribution in [0.3, 0.4) is 0 Å². The van der Waals surface area contributed by atoms with Crippen LogP contribution in [0.25, 0.3) is 0 Å². The lowest BCUT2D eigenvalue weighted by Gasteiger charge is -2.27. The van der Waals surface area contributed by atoms with Crippen LogP contribution < -0.4 is 0 Å². The number of aliphatic imine (C=N–C) groups is 2. The largest absolute Gasteiger partial charge is 0.383 e. The Morgan fingerprint density at radius 2 is 2.24 bits per heavy atom. The molecule has 2 amide bonds. The molecule has 0 aliphatic carbocycles. The number of carbonyl (C=O) groups excluding carboxylic acids is 2. The van der Waals surface area contributed by atoms with Gasteiger partial charge in [-0.25, -0.2) is 0 Å². The Balaban J connectivity index is 2.60. The second-order valence-electron chi connectivity index (χ2n) is 3.79. The summed E-state index contributed by atoms with van der Waals surface area (Å²) in [4.78, 5) is 32.0. The molecule has 0 aromatic carbocycles. The lowest BCUT2D eigenvalue weighted by Crippen LogP contribution is -2.48. The lowest BCUT2D eigenvalue weighted by atomic mass is 10.1. The number of hydrogen-bond acceptors (Lipinski definition) is 5. The molecule has 1 aliphatic rings. The van der Waals surface area contributed by atoms with Crippen LogP contribution >= 0.6 is 0 Å². The smallest absolute Gasteiger partial charge is 0.258 e. The molecule has 1 unspecified atom stereocenters. The number of hydrogen-bond donors (Lipinski definition) is 1. The van der Waals surface area contributed by atoms with Crippen molar-refractivity contribution in [3.63, 3.8) is 0 Å². The lowest BCUT2D eigenvalue weighted by molar-refractivity contribution is -0.155.